The molecule has 0 unspecified atom stereocenters. The van der Waals surface area contributed by atoms with Crippen LogP contribution in [0.15, 0.2) is 53.1 Å². The van der Waals surface area contributed by atoms with Gasteiger partial charge in [0.15, 0.2) is 11.7 Å². The zero-order chi connectivity index (χ0) is 20.0. The van der Waals surface area contributed by atoms with Crippen LogP contribution in [-0.4, -0.2) is 27.8 Å². The molecule has 0 spiro atoms. The van der Waals surface area contributed by atoms with Crippen molar-refractivity contribution in [3.8, 4) is 0 Å². The van der Waals surface area contributed by atoms with Crippen molar-refractivity contribution in [3.63, 3.8) is 0 Å². The van der Waals surface area contributed by atoms with Gasteiger partial charge in [-0.05, 0) is 17.2 Å². The summed E-state index contributed by atoms with van der Waals surface area (Å²) < 4.78 is 39.7. The van der Waals surface area contributed by atoms with Crippen molar-refractivity contribution in [1.82, 2.24) is 25.4 Å². The third-order valence-corrected chi connectivity index (χ3v) is 4.78. The van der Waals surface area contributed by atoms with Gasteiger partial charge < -0.3 is 10.6 Å². The van der Waals surface area contributed by atoms with E-state index in [-0.39, 0.29) is 6.54 Å². The highest BCUT2D eigenvalue weighted by molar-refractivity contribution is 7.09. The monoisotopic (exact) mass is 408 g/mol. The Kier molecular flexibility index (Phi) is 6.30. The summed E-state index contributed by atoms with van der Waals surface area (Å²) in [4.78, 5) is 7.71. The molecule has 2 N–H and O–H groups in total. The average molecular weight is 408 g/mol. The van der Waals surface area contributed by atoms with Gasteiger partial charge in [0.25, 0.3) is 0 Å². The predicted octanol–water partition coefficient (Wildman–Crippen LogP) is 3.27. The Morgan fingerprint density at radius 3 is 2.54 bits per heavy atom. The molecule has 3 aromatic rings. The quantitative estimate of drug-likeness (QED) is 0.485. The van der Waals surface area contributed by atoms with Gasteiger partial charge in [0, 0.05) is 31.4 Å². The SMILES string of the molecule is CN=C(NCc1nc(C(F)(F)F)cs1)NCc1ccccc1Cn1cccn1. The van der Waals surface area contributed by atoms with E-state index in [1.54, 1.807) is 13.2 Å². The number of thiazole rings is 1. The molecule has 148 valence electrons. The van der Waals surface area contributed by atoms with Crippen molar-refractivity contribution in [3.05, 3.63) is 69.9 Å². The van der Waals surface area contributed by atoms with E-state index in [2.05, 4.69) is 25.7 Å². The van der Waals surface area contributed by atoms with E-state index >= 15 is 0 Å². The summed E-state index contributed by atoms with van der Waals surface area (Å²) in [5, 5.41) is 11.7. The van der Waals surface area contributed by atoms with Crippen LogP contribution in [0.3, 0.4) is 0 Å². The highest BCUT2D eigenvalue weighted by Crippen LogP contribution is 2.29. The summed E-state index contributed by atoms with van der Waals surface area (Å²) in [6.07, 6.45) is -0.795. The number of benzene rings is 1. The van der Waals surface area contributed by atoms with Gasteiger partial charge in [-0.2, -0.15) is 18.3 Å². The van der Waals surface area contributed by atoms with E-state index in [1.807, 2.05) is 41.2 Å². The maximum atomic E-state index is 12.6. The summed E-state index contributed by atoms with van der Waals surface area (Å²) >= 11 is 0.962. The van der Waals surface area contributed by atoms with Gasteiger partial charge in [0.2, 0.25) is 0 Å². The molecule has 2 heterocycles. The standard InChI is InChI=1S/C18H19F3N6S/c1-22-17(24-10-16-26-15(12-28-16)18(19,20)21)23-9-13-5-2-3-6-14(13)11-27-8-4-7-25-27/h2-8,12H,9-11H2,1H3,(H2,22,23,24). The van der Waals surface area contributed by atoms with Crippen LogP contribution >= 0.6 is 11.3 Å². The van der Waals surface area contributed by atoms with Crippen molar-refractivity contribution in [1.29, 1.82) is 0 Å². The van der Waals surface area contributed by atoms with E-state index in [0.29, 0.717) is 24.1 Å². The Balaban J connectivity index is 1.57. The summed E-state index contributed by atoms with van der Waals surface area (Å²) in [5.74, 6) is 0.484. The molecule has 2 aromatic heterocycles. The first-order valence-corrected chi connectivity index (χ1v) is 9.34. The molecule has 0 bridgehead atoms. The van der Waals surface area contributed by atoms with Gasteiger partial charge in [0.05, 0.1) is 13.1 Å². The minimum Gasteiger partial charge on any atom is -0.352 e. The maximum Gasteiger partial charge on any atom is 0.434 e. The fourth-order valence-electron chi connectivity index (χ4n) is 2.53. The van der Waals surface area contributed by atoms with Crippen LogP contribution in [0.1, 0.15) is 21.8 Å². The van der Waals surface area contributed by atoms with Crippen LogP contribution in [0, 0.1) is 0 Å². The van der Waals surface area contributed by atoms with Crippen LogP contribution in [0.2, 0.25) is 0 Å². The van der Waals surface area contributed by atoms with Crippen molar-refractivity contribution in [2.24, 2.45) is 4.99 Å². The fourth-order valence-corrected chi connectivity index (χ4v) is 3.27. The zero-order valence-corrected chi connectivity index (χ0v) is 15.9. The van der Waals surface area contributed by atoms with E-state index in [4.69, 9.17) is 0 Å². The van der Waals surface area contributed by atoms with Crippen LogP contribution in [0.25, 0.3) is 0 Å². The first kappa shape index (κ1) is 19.9. The van der Waals surface area contributed by atoms with Crippen LogP contribution in [-0.2, 0) is 25.8 Å². The summed E-state index contributed by atoms with van der Waals surface area (Å²) in [7, 11) is 1.61. The number of hydrogen-bond acceptors (Lipinski definition) is 4. The molecule has 6 nitrogen and oxygen atoms in total. The molecule has 10 heteroatoms. The first-order chi connectivity index (χ1) is 13.5. The van der Waals surface area contributed by atoms with E-state index in [1.165, 1.54) is 0 Å². The number of nitrogens with one attached hydrogen (secondary N) is 2. The number of halogens is 3. The van der Waals surface area contributed by atoms with Crippen molar-refractivity contribution >= 4 is 17.3 Å². The molecule has 0 aliphatic heterocycles. The Bertz CT molecular complexity index is 918. The second-order valence-electron chi connectivity index (χ2n) is 5.88. The minimum absolute atomic E-state index is 0.162. The first-order valence-electron chi connectivity index (χ1n) is 8.46. The van der Waals surface area contributed by atoms with E-state index in [0.717, 1.165) is 27.8 Å². The zero-order valence-electron chi connectivity index (χ0n) is 15.1. The molecule has 0 fully saturated rings. The van der Waals surface area contributed by atoms with E-state index < -0.39 is 11.9 Å². The predicted molar refractivity (Wildman–Crippen MR) is 102 cm³/mol. The topological polar surface area (TPSA) is 67.1 Å². The molecule has 3 rings (SSSR count). The number of nitrogens with zero attached hydrogens (tertiary/aromatic N) is 4. The highest BCUT2D eigenvalue weighted by atomic mass is 32.1. The molecular formula is C18H19F3N6S. The lowest BCUT2D eigenvalue weighted by Gasteiger charge is -2.14. The minimum atomic E-state index is -4.42. The number of aromatic nitrogens is 3. The maximum absolute atomic E-state index is 12.6. The molecule has 0 atom stereocenters. The van der Waals surface area contributed by atoms with Gasteiger partial charge in [0.1, 0.15) is 5.01 Å². The summed E-state index contributed by atoms with van der Waals surface area (Å²) in [6.45, 7) is 1.33. The number of guanidine groups is 1. The van der Waals surface area contributed by atoms with Gasteiger partial charge in [-0.1, -0.05) is 24.3 Å². The summed E-state index contributed by atoms with van der Waals surface area (Å²) in [6, 6.07) is 9.83. The Morgan fingerprint density at radius 1 is 1.14 bits per heavy atom. The van der Waals surface area contributed by atoms with Gasteiger partial charge >= 0.3 is 6.18 Å². The number of aliphatic imine (C=N–C) groups is 1. The Hall–Kier alpha value is -2.88. The van der Waals surface area contributed by atoms with Crippen LogP contribution < -0.4 is 10.6 Å². The van der Waals surface area contributed by atoms with Crippen molar-refractivity contribution < 1.29 is 13.2 Å². The molecule has 0 aliphatic carbocycles. The molecule has 0 saturated carbocycles. The summed E-state index contributed by atoms with van der Waals surface area (Å²) in [5.41, 5.74) is 1.32. The lowest BCUT2D eigenvalue weighted by molar-refractivity contribution is -0.140. The molecule has 0 saturated heterocycles. The average Bonchev–Trinajstić information content (AvgIpc) is 3.34. The molecule has 0 amide bonds. The normalized spacial score (nSPS) is 12.2. The number of rotatable bonds is 6. The largest absolute Gasteiger partial charge is 0.434 e. The van der Waals surface area contributed by atoms with Crippen LogP contribution in [0.5, 0.6) is 0 Å². The Labute approximate surface area is 164 Å². The van der Waals surface area contributed by atoms with Gasteiger partial charge in [-0.15, -0.1) is 11.3 Å². The highest BCUT2D eigenvalue weighted by Gasteiger charge is 2.33. The molecule has 28 heavy (non-hydrogen) atoms. The van der Waals surface area contributed by atoms with Crippen molar-refractivity contribution in [2.45, 2.75) is 25.8 Å². The van der Waals surface area contributed by atoms with Crippen molar-refractivity contribution in [2.75, 3.05) is 7.05 Å². The third-order valence-electron chi connectivity index (χ3n) is 3.93. The molecular weight excluding hydrogens is 389 g/mol. The molecule has 0 aliphatic rings. The fraction of sp³-hybridized carbons (Fsp3) is 0.278. The second kappa shape index (κ2) is 8.87. The third kappa shape index (κ3) is 5.32. The van der Waals surface area contributed by atoms with E-state index in [9.17, 15) is 13.2 Å². The molecule has 1 aromatic carbocycles. The number of hydrogen-bond donors (Lipinski definition) is 2. The lowest BCUT2D eigenvalue weighted by Crippen LogP contribution is -2.36. The molecule has 0 radical (unpaired) electrons. The number of alkyl halides is 3. The smallest absolute Gasteiger partial charge is 0.352 e. The lowest BCUT2D eigenvalue weighted by atomic mass is 10.1. The van der Waals surface area contributed by atoms with Gasteiger partial charge in [-0.3, -0.25) is 9.67 Å². The second-order valence-corrected chi connectivity index (χ2v) is 6.82. The Morgan fingerprint density at radius 2 is 1.89 bits per heavy atom. The van der Waals surface area contributed by atoms with Crippen LogP contribution in [0.4, 0.5) is 13.2 Å². The van der Waals surface area contributed by atoms with Gasteiger partial charge in [-0.25, -0.2) is 4.98 Å².